The summed E-state index contributed by atoms with van der Waals surface area (Å²) in [6.07, 6.45) is 1.41. The second kappa shape index (κ2) is 7.44. The lowest BCUT2D eigenvalue weighted by molar-refractivity contribution is -0.384. The Balaban J connectivity index is 2.97. The van der Waals surface area contributed by atoms with Crippen molar-refractivity contribution in [3.8, 4) is 0 Å². The van der Waals surface area contributed by atoms with Gasteiger partial charge in [-0.25, -0.2) is 4.79 Å². The maximum absolute atomic E-state index is 11.0. The summed E-state index contributed by atoms with van der Waals surface area (Å²) in [6, 6.07) is 4.15. The van der Waals surface area contributed by atoms with E-state index in [1.54, 1.807) is 0 Å². The smallest absolute Gasteiger partial charge is 0.342 e. The van der Waals surface area contributed by atoms with Gasteiger partial charge in [-0.1, -0.05) is 19.4 Å². The van der Waals surface area contributed by atoms with Crippen LogP contribution in [0.2, 0.25) is 0 Å². The van der Waals surface area contributed by atoms with Crippen LogP contribution in [-0.2, 0) is 0 Å². The Hall–Kier alpha value is -2.15. The van der Waals surface area contributed by atoms with Crippen molar-refractivity contribution in [2.75, 3.05) is 18.5 Å². The van der Waals surface area contributed by atoms with E-state index in [1.165, 1.54) is 18.2 Å². The highest BCUT2D eigenvalue weighted by Gasteiger charge is 2.24. The van der Waals surface area contributed by atoms with Crippen LogP contribution in [0.5, 0.6) is 0 Å². The van der Waals surface area contributed by atoms with Crippen molar-refractivity contribution in [1.82, 2.24) is 0 Å². The number of aliphatic hydroxyl groups is 1. The summed E-state index contributed by atoms with van der Waals surface area (Å²) in [6.45, 7) is 2.46. The number of rotatable bonds is 8. The number of nitro groups is 1. The molecule has 0 saturated carbocycles. The standard InChI is InChI=1S/C13H18N2O5/c1-2-9(6-7-16)8-14-11-5-3-4-10(13(17)18)12(11)15(19)20/h3-5,9,14,16H,2,6-8H2,1H3,(H,17,18). The van der Waals surface area contributed by atoms with E-state index in [4.69, 9.17) is 10.2 Å². The van der Waals surface area contributed by atoms with E-state index in [1.807, 2.05) is 6.92 Å². The molecule has 1 atom stereocenters. The van der Waals surface area contributed by atoms with Crippen LogP contribution in [0.3, 0.4) is 0 Å². The molecule has 110 valence electrons. The molecule has 0 amide bonds. The number of nitrogens with zero attached hydrogens (tertiary/aromatic N) is 1. The van der Waals surface area contributed by atoms with Crippen molar-refractivity contribution in [2.45, 2.75) is 19.8 Å². The Bertz CT molecular complexity index is 490. The molecule has 7 nitrogen and oxygen atoms in total. The van der Waals surface area contributed by atoms with E-state index in [9.17, 15) is 14.9 Å². The summed E-state index contributed by atoms with van der Waals surface area (Å²) in [5.41, 5.74) is -0.583. The molecule has 1 unspecified atom stereocenters. The Kier molecular flexibility index (Phi) is 5.92. The molecule has 1 aromatic rings. The Labute approximate surface area is 116 Å². The molecule has 20 heavy (non-hydrogen) atoms. The average molecular weight is 282 g/mol. The predicted octanol–water partition coefficient (Wildman–Crippen LogP) is 2.11. The van der Waals surface area contributed by atoms with Crippen LogP contribution in [0.4, 0.5) is 11.4 Å². The van der Waals surface area contributed by atoms with E-state index in [2.05, 4.69) is 5.32 Å². The number of aromatic carboxylic acids is 1. The minimum Gasteiger partial charge on any atom is -0.477 e. The number of hydrogen-bond acceptors (Lipinski definition) is 5. The number of carbonyl (C=O) groups is 1. The fourth-order valence-electron chi connectivity index (χ4n) is 1.94. The topological polar surface area (TPSA) is 113 Å². The molecule has 0 fully saturated rings. The van der Waals surface area contributed by atoms with Gasteiger partial charge in [-0.15, -0.1) is 0 Å². The lowest BCUT2D eigenvalue weighted by atomic mass is 10.0. The molecule has 7 heteroatoms. The highest BCUT2D eigenvalue weighted by molar-refractivity contribution is 5.95. The molecule has 0 spiro atoms. The second-order valence-corrected chi connectivity index (χ2v) is 4.43. The minimum absolute atomic E-state index is 0.0530. The van der Waals surface area contributed by atoms with Crippen molar-refractivity contribution in [1.29, 1.82) is 0 Å². The molecule has 0 radical (unpaired) electrons. The number of benzene rings is 1. The van der Waals surface area contributed by atoms with Crippen LogP contribution in [0, 0.1) is 16.0 Å². The first-order valence-electron chi connectivity index (χ1n) is 6.36. The molecule has 0 aromatic heterocycles. The van der Waals surface area contributed by atoms with Gasteiger partial charge in [0.2, 0.25) is 0 Å². The van der Waals surface area contributed by atoms with Crippen LogP contribution in [-0.4, -0.2) is 34.3 Å². The van der Waals surface area contributed by atoms with E-state index < -0.39 is 16.6 Å². The molecule has 1 aromatic carbocycles. The zero-order chi connectivity index (χ0) is 15.1. The zero-order valence-electron chi connectivity index (χ0n) is 11.2. The number of nitrogens with one attached hydrogen (secondary N) is 1. The summed E-state index contributed by atoms with van der Waals surface area (Å²) in [7, 11) is 0. The van der Waals surface area contributed by atoms with Crippen LogP contribution >= 0.6 is 0 Å². The number of aliphatic hydroxyl groups excluding tert-OH is 1. The largest absolute Gasteiger partial charge is 0.477 e. The fraction of sp³-hybridized carbons (Fsp3) is 0.462. The van der Waals surface area contributed by atoms with Crippen LogP contribution in [0.1, 0.15) is 30.1 Å². The molecule has 0 saturated heterocycles. The zero-order valence-corrected chi connectivity index (χ0v) is 11.2. The summed E-state index contributed by atoms with van der Waals surface area (Å²) < 4.78 is 0. The van der Waals surface area contributed by atoms with Gasteiger partial charge < -0.3 is 15.5 Å². The summed E-state index contributed by atoms with van der Waals surface area (Å²) in [4.78, 5) is 21.4. The number of anilines is 1. The van der Waals surface area contributed by atoms with Crippen LogP contribution < -0.4 is 5.32 Å². The predicted molar refractivity (Wildman–Crippen MR) is 74.0 cm³/mol. The number of hydrogen-bond donors (Lipinski definition) is 3. The van der Waals surface area contributed by atoms with Gasteiger partial charge in [0.25, 0.3) is 0 Å². The first kappa shape index (κ1) is 15.9. The third-order valence-corrected chi connectivity index (χ3v) is 3.14. The first-order valence-corrected chi connectivity index (χ1v) is 6.36. The number of para-hydroxylation sites is 1. The van der Waals surface area contributed by atoms with Gasteiger partial charge in [0.1, 0.15) is 11.3 Å². The van der Waals surface area contributed by atoms with Gasteiger partial charge in [-0.3, -0.25) is 10.1 Å². The third kappa shape index (κ3) is 3.92. The maximum Gasteiger partial charge on any atom is 0.342 e. The van der Waals surface area contributed by atoms with Crippen molar-refractivity contribution < 1.29 is 19.9 Å². The minimum atomic E-state index is -1.33. The molecule has 0 aliphatic rings. The molecule has 0 aliphatic carbocycles. The van der Waals surface area contributed by atoms with Gasteiger partial charge in [-0.05, 0) is 24.5 Å². The van der Waals surface area contributed by atoms with Gasteiger partial charge in [0, 0.05) is 13.2 Å². The third-order valence-electron chi connectivity index (χ3n) is 3.14. The SMILES string of the molecule is CCC(CCO)CNc1cccc(C(=O)O)c1[N+](=O)[O-]. The molecule has 0 bridgehead atoms. The second-order valence-electron chi connectivity index (χ2n) is 4.43. The fourth-order valence-corrected chi connectivity index (χ4v) is 1.94. The van der Waals surface area contributed by atoms with Crippen molar-refractivity contribution >= 4 is 17.3 Å². The quantitative estimate of drug-likeness (QED) is 0.497. The average Bonchev–Trinajstić information content (AvgIpc) is 2.42. The molecule has 3 N–H and O–H groups in total. The van der Waals surface area contributed by atoms with E-state index in [0.29, 0.717) is 13.0 Å². The highest BCUT2D eigenvalue weighted by atomic mass is 16.6. The lowest BCUT2D eigenvalue weighted by Gasteiger charge is -2.15. The van der Waals surface area contributed by atoms with Crippen LogP contribution in [0.25, 0.3) is 0 Å². The van der Waals surface area contributed by atoms with E-state index in [-0.39, 0.29) is 23.8 Å². The first-order chi connectivity index (χ1) is 9.51. The van der Waals surface area contributed by atoms with Gasteiger partial charge in [-0.2, -0.15) is 0 Å². The van der Waals surface area contributed by atoms with Crippen molar-refractivity contribution in [2.24, 2.45) is 5.92 Å². The monoisotopic (exact) mass is 282 g/mol. The Morgan fingerprint density at radius 3 is 2.70 bits per heavy atom. The van der Waals surface area contributed by atoms with E-state index in [0.717, 1.165) is 6.42 Å². The van der Waals surface area contributed by atoms with Gasteiger partial charge >= 0.3 is 11.7 Å². The molecule has 0 heterocycles. The Morgan fingerprint density at radius 1 is 1.50 bits per heavy atom. The van der Waals surface area contributed by atoms with Crippen molar-refractivity contribution in [3.63, 3.8) is 0 Å². The molecule has 1 rings (SSSR count). The van der Waals surface area contributed by atoms with E-state index >= 15 is 0 Å². The summed E-state index contributed by atoms with van der Waals surface area (Å²) in [5.74, 6) is -1.16. The molecular formula is C13H18N2O5. The van der Waals surface area contributed by atoms with Gasteiger partial charge in [0.05, 0.1) is 4.92 Å². The molecular weight excluding hydrogens is 264 g/mol. The number of carboxylic acid groups (broad SMARTS) is 1. The lowest BCUT2D eigenvalue weighted by Crippen LogP contribution is -2.16. The maximum atomic E-state index is 11.0. The number of nitro benzene ring substituents is 1. The van der Waals surface area contributed by atoms with Crippen molar-refractivity contribution in [3.05, 3.63) is 33.9 Å². The normalized spacial score (nSPS) is 11.9. The highest BCUT2D eigenvalue weighted by Crippen LogP contribution is 2.29. The van der Waals surface area contributed by atoms with Gasteiger partial charge in [0.15, 0.2) is 0 Å². The Morgan fingerprint density at radius 2 is 2.20 bits per heavy atom. The van der Waals surface area contributed by atoms with Crippen LogP contribution in [0.15, 0.2) is 18.2 Å². The molecule has 0 aliphatic heterocycles. The summed E-state index contributed by atoms with van der Waals surface area (Å²) >= 11 is 0. The summed E-state index contributed by atoms with van der Waals surface area (Å²) in [5, 5.41) is 31.9. The number of carboxylic acids is 1.